The molecule has 0 spiro atoms. The Labute approximate surface area is 97.6 Å². The van der Waals surface area contributed by atoms with E-state index in [1.165, 1.54) is 0 Å². The summed E-state index contributed by atoms with van der Waals surface area (Å²) >= 11 is 0. The van der Waals surface area contributed by atoms with E-state index in [-0.39, 0.29) is 46.8 Å². The van der Waals surface area contributed by atoms with E-state index in [0.29, 0.717) is 0 Å². The average Bonchev–Trinajstić information content (AvgIpc) is 2.29. The normalized spacial score (nSPS) is 9.85. The molecule has 0 aliphatic carbocycles. The first-order chi connectivity index (χ1) is 5.66. The van der Waals surface area contributed by atoms with Crippen LogP contribution < -0.4 is 16.9 Å². The molecular weight excluding hydrogens is 303 g/mol. The van der Waals surface area contributed by atoms with Crippen molar-refractivity contribution >= 4 is 11.2 Å². The number of hydrogen-bond acceptors (Lipinski definition) is 3. The van der Waals surface area contributed by atoms with Crippen LogP contribution in [0.5, 0.6) is 0 Å². The van der Waals surface area contributed by atoms with Gasteiger partial charge in [0.05, 0.1) is 0 Å². The van der Waals surface area contributed by atoms with Crippen molar-refractivity contribution in [1.82, 2.24) is 19.9 Å². The molecular formula is C5H4LaN4O3. The second-order valence-electron chi connectivity index (χ2n) is 2.24. The second-order valence-corrected chi connectivity index (χ2v) is 2.24. The second kappa shape index (κ2) is 3.48. The van der Waals surface area contributed by atoms with Gasteiger partial charge in [0, 0.05) is 35.6 Å². The molecule has 2 rings (SSSR count). The summed E-state index contributed by atoms with van der Waals surface area (Å²) in [7, 11) is 0. The smallest absolute Gasteiger partial charge is 0.300 e. The Morgan fingerprint density at radius 3 is 1.92 bits per heavy atom. The van der Waals surface area contributed by atoms with E-state index < -0.39 is 16.9 Å². The van der Waals surface area contributed by atoms with Gasteiger partial charge in [-0.3, -0.25) is 24.7 Å². The molecule has 8 heteroatoms. The summed E-state index contributed by atoms with van der Waals surface area (Å²) < 4.78 is 0. The standard InChI is InChI=1S/C5H4N4O3.La/c10-3-1-2(7-4(11)6-1)8-5(12)9-3;/h(H4,6,7,8,9,10,11,12);. The van der Waals surface area contributed by atoms with E-state index >= 15 is 0 Å². The zero-order valence-corrected chi connectivity index (χ0v) is 9.93. The van der Waals surface area contributed by atoms with Crippen LogP contribution in [0.15, 0.2) is 14.4 Å². The maximum absolute atomic E-state index is 10.9. The Hall–Kier alpha value is -0.855. The van der Waals surface area contributed by atoms with Gasteiger partial charge in [0.25, 0.3) is 5.56 Å². The van der Waals surface area contributed by atoms with Gasteiger partial charge in [0.1, 0.15) is 11.2 Å². The van der Waals surface area contributed by atoms with Crippen LogP contribution in [0.1, 0.15) is 0 Å². The van der Waals surface area contributed by atoms with E-state index in [1.54, 1.807) is 0 Å². The molecule has 0 aromatic carbocycles. The number of imidazole rings is 1. The molecule has 65 valence electrons. The molecule has 0 saturated heterocycles. The van der Waals surface area contributed by atoms with Crippen LogP contribution in [-0.4, -0.2) is 19.9 Å². The molecule has 0 aliphatic heterocycles. The van der Waals surface area contributed by atoms with E-state index in [4.69, 9.17) is 0 Å². The van der Waals surface area contributed by atoms with Crippen molar-refractivity contribution in [1.29, 1.82) is 0 Å². The molecule has 13 heavy (non-hydrogen) atoms. The monoisotopic (exact) mass is 307 g/mol. The Bertz CT molecular complexity index is 588. The van der Waals surface area contributed by atoms with Crippen molar-refractivity contribution in [2.24, 2.45) is 0 Å². The largest absolute Gasteiger partial charge is 0.327 e. The van der Waals surface area contributed by atoms with Gasteiger partial charge in [0.2, 0.25) is 0 Å². The van der Waals surface area contributed by atoms with Crippen LogP contribution in [0.3, 0.4) is 0 Å². The van der Waals surface area contributed by atoms with Crippen LogP contribution >= 0.6 is 0 Å². The summed E-state index contributed by atoms with van der Waals surface area (Å²) in [5, 5.41) is 0. The predicted molar refractivity (Wildman–Crippen MR) is 40.2 cm³/mol. The molecule has 0 saturated carbocycles. The number of fused-ring (bicyclic) bond motifs is 1. The molecule has 2 aromatic heterocycles. The van der Waals surface area contributed by atoms with E-state index in [1.807, 2.05) is 4.98 Å². The molecule has 0 amide bonds. The van der Waals surface area contributed by atoms with Crippen LogP contribution in [-0.2, 0) is 0 Å². The van der Waals surface area contributed by atoms with Gasteiger partial charge >= 0.3 is 11.4 Å². The zero-order chi connectivity index (χ0) is 8.72. The fourth-order valence-corrected chi connectivity index (χ4v) is 0.958. The summed E-state index contributed by atoms with van der Waals surface area (Å²) in [6.07, 6.45) is 0. The van der Waals surface area contributed by atoms with Crippen molar-refractivity contribution in [2.45, 2.75) is 0 Å². The topological polar surface area (TPSA) is 114 Å². The molecule has 0 unspecified atom stereocenters. The third kappa shape index (κ3) is 1.74. The first-order valence-corrected chi connectivity index (χ1v) is 3.11. The minimum atomic E-state index is -0.650. The van der Waals surface area contributed by atoms with Crippen molar-refractivity contribution in [3.63, 3.8) is 0 Å². The van der Waals surface area contributed by atoms with Gasteiger partial charge < -0.3 is 0 Å². The number of aromatic nitrogens is 4. The first kappa shape index (κ1) is 10.2. The Balaban J connectivity index is 0.000000845. The number of aromatic amines is 4. The van der Waals surface area contributed by atoms with Gasteiger partial charge in [-0.15, -0.1) is 0 Å². The van der Waals surface area contributed by atoms with Gasteiger partial charge in [-0.25, -0.2) is 9.59 Å². The van der Waals surface area contributed by atoms with Crippen LogP contribution in [0, 0.1) is 35.6 Å². The molecule has 4 N–H and O–H groups in total. The maximum Gasteiger partial charge on any atom is 0.327 e. The molecule has 0 bridgehead atoms. The minimum absolute atomic E-state index is 0. The van der Waals surface area contributed by atoms with Gasteiger partial charge in [0.15, 0.2) is 0 Å². The number of nitrogens with one attached hydrogen (secondary N) is 4. The summed E-state index contributed by atoms with van der Waals surface area (Å²) in [5.74, 6) is 0. The van der Waals surface area contributed by atoms with Crippen molar-refractivity contribution < 1.29 is 35.6 Å². The van der Waals surface area contributed by atoms with Crippen LogP contribution in [0.2, 0.25) is 0 Å². The first-order valence-electron chi connectivity index (χ1n) is 3.11. The van der Waals surface area contributed by atoms with E-state index in [2.05, 4.69) is 15.0 Å². The minimum Gasteiger partial charge on any atom is -0.300 e. The Kier molecular flexibility index (Phi) is 2.74. The molecule has 2 heterocycles. The quantitative estimate of drug-likeness (QED) is 0.462. The summed E-state index contributed by atoms with van der Waals surface area (Å²) in [4.78, 5) is 41.0. The average molecular weight is 307 g/mol. The third-order valence-electron chi connectivity index (χ3n) is 1.42. The van der Waals surface area contributed by atoms with Crippen molar-refractivity contribution in [3.05, 3.63) is 31.3 Å². The molecule has 0 atom stereocenters. The maximum atomic E-state index is 10.9. The zero-order valence-electron chi connectivity index (χ0n) is 6.30. The van der Waals surface area contributed by atoms with E-state index in [0.717, 1.165) is 0 Å². The fraction of sp³-hybridized carbons (Fsp3) is 0. The Morgan fingerprint density at radius 2 is 1.31 bits per heavy atom. The van der Waals surface area contributed by atoms with Gasteiger partial charge in [-0.05, 0) is 0 Å². The van der Waals surface area contributed by atoms with Crippen LogP contribution in [0.4, 0.5) is 0 Å². The molecule has 0 aliphatic rings. The Morgan fingerprint density at radius 1 is 0.769 bits per heavy atom. The molecule has 7 nitrogen and oxygen atoms in total. The number of hydrogen-bond donors (Lipinski definition) is 4. The molecule has 0 fully saturated rings. The third-order valence-corrected chi connectivity index (χ3v) is 1.42. The molecule has 2 aromatic rings. The summed E-state index contributed by atoms with van der Waals surface area (Å²) in [6, 6.07) is 0. The SMILES string of the molecule is O=c1[nH]c(=O)c2[nH]c(=O)[nH]c2[nH]1.[La]. The number of H-pyrrole nitrogens is 4. The fourth-order valence-electron chi connectivity index (χ4n) is 0.958. The predicted octanol–water partition coefficient (Wildman–Crippen LogP) is -1.77. The van der Waals surface area contributed by atoms with Gasteiger partial charge in [-0.1, -0.05) is 0 Å². The summed E-state index contributed by atoms with van der Waals surface area (Å²) in [6.45, 7) is 0. The molecule has 1 radical (unpaired) electrons. The van der Waals surface area contributed by atoms with Crippen molar-refractivity contribution in [2.75, 3.05) is 0 Å². The number of rotatable bonds is 0. The van der Waals surface area contributed by atoms with Crippen LogP contribution in [0.25, 0.3) is 11.2 Å². The summed E-state index contributed by atoms with van der Waals surface area (Å²) in [5.41, 5.74) is -1.65. The van der Waals surface area contributed by atoms with Gasteiger partial charge in [-0.2, -0.15) is 0 Å². The van der Waals surface area contributed by atoms with E-state index in [9.17, 15) is 14.4 Å². The van der Waals surface area contributed by atoms with Crippen molar-refractivity contribution in [3.8, 4) is 0 Å².